The molecule has 6 atom stereocenters. The van der Waals surface area contributed by atoms with Crippen molar-refractivity contribution in [2.75, 3.05) is 79.0 Å². The third-order valence-electron chi connectivity index (χ3n) is 5.93. The first-order valence-electron chi connectivity index (χ1n) is 10.5. The maximum atomic E-state index is 6.78. The molecule has 1 heterocycles. The standard InChI is InChI=1S/C20H48N2O2P4/c1-19(2,3)20(4)23-17(11-21(5,13-25-7)14-26-8)18(24-20)12-22(6,15-27-9)16-28-10/h17-18,25-28H,11-16H2,1-10H3/q+2/t17-,18-/m0/s1. The highest BCUT2D eigenvalue weighted by molar-refractivity contribution is 7.37. The Hall–Kier alpha value is 1.56. The molecule has 1 aliphatic heterocycles. The lowest BCUT2D eigenvalue weighted by Gasteiger charge is -2.39. The minimum Gasteiger partial charge on any atom is -0.338 e. The van der Waals surface area contributed by atoms with Crippen LogP contribution in [0, 0.1) is 5.41 Å². The average Bonchev–Trinajstić information content (AvgIpc) is 2.83. The zero-order valence-corrected chi connectivity index (χ0v) is 24.1. The molecule has 1 fully saturated rings. The van der Waals surface area contributed by atoms with E-state index in [1.54, 1.807) is 0 Å². The number of nitrogens with zero attached hydrogens (tertiary/aromatic N) is 2. The molecule has 0 aromatic heterocycles. The molecule has 28 heavy (non-hydrogen) atoms. The van der Waals surface area contributed by atoms with E-state index in [1.165, 1.54) is 25.1 Å². The minimum absolute atomic E-state index is 0.0369. The fourth-order valence-electron chi connectivity index (χ4n) is 4.19. The van der Waals surface area contributed by atoms with Gasteiger partial charge in [-0.25, -0.2) is 0 Å². The van der Waals surface area contributed by atoms with E-state index in [0.717, 1.165) is 56.4 Å². The number of likely N-dealkylation sites (N-methyl/N-ethyl adjacent to an activating group) is 2. The van der Waals surface area contributed by atoms with Gasteiger partial charge in [-0.05, 0) is 33.6 Å². The summed E-state index contributed by atoms with van der Waals surface area (Å²) in [4.78, 5) is 0. The summed E-state index contributed by atoms with van der Waals surface area (Å²) in [6.07, 6.45) is 5.35. The molecule has 1 rings (SSSR count). The Bertz CT molecular complexity index is 430. The fourth-order valence-corrected chi connectivity index (χ4v) is 8.65. The Kier molecular flexibility index (Phi) is 11.3. The molecule has 0 bridgehead atoms. The molecule has 0 aliphatic carbocycles. The van der Waals surface area contributed by atoms with E-state index in [0.29, 0.717) is 0 Å². The number of ether oxygens (including phenoxy) is 2. The van der Waals surface area contributed by atoms with Crippen LogP contribution in [-0.2, 0) is 9.47 Å². The predicted molar refractivity (Wildman–Crippen MR) is 136 cm³/mol. The van der Waals surface area contributed by atoms with Crippen LogP contribution in [0.25, 0.3) is 0 Å². The van der Waals surface area contributed by atoms with Gasteiger partial charge in [-0.2, -0.15) is 0 Å². The van der Waals surface area contributed by atoms with Crippen molar-refractivity contribution < 1.29 is 18.4 Å². The molecule has 0 saturated carbocycles. The van der Waals surface area contributed by atoms with Crippen LogP contribution in [0.1, 0.15) is 27.7 Å². The van der Waals surface area contributed by atoms with Gasteiger partial charge in [-0.1, -0.05) is 55.1 Å². The van der Waals surface area contributed by atoms with Gasteiger partial charge < -0.3 is 18.4 Å². The maximum absolute atomic E-state index is 6.78. The minimum atomic E-state index is -0.510. The first-order chi connectivity index (χ1) is 12.9. The third-order valence-corrected chi connectivity index (χ3v) is 10.2. The number of hydrogen-bond acceptors (Lipinski definition) is 2. The quantitative estimate of drug-likeness (QED) is 0.308. The summed E-state index contributed by atoms with van der Waals surface area (Å²) in [5.74, 6) is -0.510. The van der Waals surface area contributed by atoms with Crippen LogP contribution in [0.2, 0.25) is 0 Å². The van der Waals surface area contributed by atoms with Crippen LogP contribution in [0.3, 0.4) is 0 Å². The Morgan fingerprint density at radius 2 is 1.00 bits per heavy atom. The van der Waals surface area contributed by atoms with Crippen LogP contribution in [0.4, 0.5) is 0 Å². The SMILES string of the molecule is CPC[N+](C)(CPC)C[C@@H]1OC(C)(C(C)(C)C)O[C@H]1C[N+](C)(CPC)CPC. The molecule has 4 nitrogen and oxygen atoms in total. The molecule has 8 heteroatoms. The molecule has 0 N–H and O–H groups in total. The highest BCUT2D eigenvalue weighted by Crippen LogP contribution is 2.43. The van der Waals surface area contributed by atoms with Crippen LogP contribution in [-0.4, -0.2) is 106 Å². The van der Waals surface area contributed by atoms with Gasteiger partial charge in [0.2, 0.25) is 0 Å². The van der Waals surface area contributed by atoms with E-state index >= 15 is 0 Å². The van der Waals surface area contributed by atoms with Crippen molar-refractivity contribution in [1.29, 1.82) is 0 Å². The summed E-state index contributed by atoms with van der Waals surface area (Å²) < 4.78 is 15.8. The lowest BCUT2D eigenvalue weighted by Crippen LogP contribution is -2.54. The lowest BCUT2D eigenvalue weighted by atomic mass is 9.87. The van der Waals surface area contributed by atoms with Crippen molar-refractivity contribution in [3.05, 3.63) is 0 Å². The van der Waals surface area contributed by atoms with E-state index in [9.17, 15) is 0 Å². The number of rotatable bonds is 12. The average molecular weight is 473 g/mol. The molecule has 0 spiro atoms. The van der Waals surface area contributed by atoms with Crippen molar-refractivity contribution in [2.24, 2.45) is 5.41 Å². The zero-order valence-electron chi connectivity index (χ0n) is 20.1. The van der Waals surface area contributed by atoms with E-state index in [2.05, 4.69) is 68.4 Å². The second kappa shape index (κ2) is 11.4. The fraction of sp³-hybridized carbons (Fsp3) is 1.00. The summed E-state index contributed by atoms with van der Waals surface area (Å²) in [6.45, 7) is 20.4. The third kappa shape index (κ3) is 7.61. The second-order valence-corrected chi connectivity index (χ2v) is 14.3. The number of quaternary nitrogens is 2. The van der Waals surface area contributed by atoms with Crippen LogP contribution >= 0.6 is 34.3 Å². The highest BCUT2D eigenvalue weighted by Gasteiger charge is 2.54. The first kappa shape index (κ1) is 27.6. The van der Waals surface area contributed by atoms with Crippen molar-refractivity contribution in [1.82, 2.24) is 0 Å². The molecule has 0 radical (unpaired) electrons. The smallest absolute Gasteiger partial charge is 0.171 e. The molecule has 0 amide bonds. The Morgan fingerprint density at radius 3 is 1.21 bits per heavy atom. The van der Waals surface area contributed by atoms with Crippen LogP contribution < -0.4 is 0 Å². The van der Waals surface area contributed by atoms with Gasteiger partial charge in [0, 0.05) is 5.41 Å². The van der Waals surface area contributed by atoms with E-state index in [-0.39, 0.29) is 17.6 Å². The highest BCUT2D eigenvalue weighted by atomic mass is 31.1. The van der Waals surface area contributed by atoms with Crippen molar-refractivity contribution >= 4 is 34.3 Å². The zero-order chi connectivity index (χ0) is 21.6. The molecule has 1 aliphatic rings. The Morgan fingerprint density at radius 1 is 0.714 bits per heavy atom. The molecule has 168 valence electrons. The summed E-state index contributed by atoms with van der Waals surface area (Å²) in [5.41, 5.74) is -0.0369. The molecule has 4 unspecified atom stereocenters. The van der Waals surface area contributed by atoms with Crippen molar-refractivity contribution in [3.8, 4) is 0 Å². The summed E-state index contributed by atoms with van der Waals surface area (Å²) >= 11 is 0. The van der Waals surface area contributed by atoms with Gasteiger partial charge in [-0.15, -0.1) is 0 Å². The van der Waals surface area contributed by atoms with Gasteiger partial charge in [0.15, 0.2) is 5.79 Å². The first-order valence-corrected chi connectivity index (χ1v) is 17.3. The molecular weight excluding hydrogens is 424 g/mol. The normalized spacial score (nSPS) is 31.9. The maximum Gasteiger partial charge on any atom is 0.171 e. The van der Waals surface area contributed by atoms with E-state index in [4.69, 9.17) is 9.47 Å². The van der Waals surface area contributed by atoms with Gasteiger partial charge in [-0.3, -0.25) is 0 Å². The predicted octanol–water partition coefficient (Wildman–Crippen LogP) is 4.49. The summed E-state index contributed by atoms with van der Waals surface area (Å²) in [6, 6.07) is 0. The topological polar surface area (TPSA) is 18.5 Å². The summed E-state index contributed by atoms with van der Waals surface area (Å²) in [5, 5.41) is 0. The lowest BCUT2D eigenvalue weighted by molar-refractivity contribution is -0.896. The molecule has 0 aromatic carbocycles. The Balaban J connectivity index is 3.13. The van der Waals surface area contributed by atoms with Crippen molar-refractivity contribution in [3.63, 3.8) is 0 Å². The van der Waals surface area contributed by atoms with E-state index in [1.807, 2.05) is 0 Å². The molecule has 0 aromatic rings. The van der Waals surface area contributed by atoms with Crippen LogP contribution in [0.15, 0.2) is 0 Å². The Labute approximate surface area is 182 Å². The monoisotopic (exact) mass is 472 g/mol. The van der Waals surface area contributed by atoms with Gasteiger partial charge in [0.1, 0.15) is 25.3 Å². The summed E-state index contributed by atoms with van der Waals surface area (Å²) in [7, 11) is 8.76. The van der Waals surface area contributed by atoms with Gasteiger partial charge in [0.25, 0.3) is 0 Å². The van der Waals surface area contributed by atoms with E-state index < -0.39 is 5.79 Å². The molecule has 1 saturated heterocycles. The van der Waals surface area contributed by atoms with Gasteiger partial charge >= 0.3 is 0 Å². The largest absolute Gasteiger partial charge is 0.338 e. The number of hydrogen-bond donors (Lipinski definition) is 0. The van der Waals surface area contributed by atoms with Crippen LogP contribution in [0.5, 0.6) is 0 Å². The van der Waals surface area contributed by atoms with Crippen molar-refractivity contribution in [2.45, 2.75) is 45.7 Å². The molecular formula is C20H48N2O2P4+2. The second-order valence-electron chi connectivity index (χ2n) is 10.2. The van der Waals surface area contributed by atoms with Gasteiger partial charge in [0.05, 0.1) is 39.2 Å².